The fourth-order valence-electron chi connectivity index (χ4n) is 2.23. The van der Waals surface area contributed by atoms with Crippen molar-refractivity contribution >= 4 is 29.9 Å². The molecule has 0 aliphatic carbocycles. The van der Waals surface area contributed by atoms with Gasteiger partial charge in [-0.25, -0.2) is 9.38 Å². The molecule has 0 atom stereocenters. The summed E-state index contributed by atoms with van der Waals surface area (Å²) in [5, 5.41) is 14.8. The van der Waals surface area contributed by atoms with E-state index in [9.17, 15) is 4.39 Å². The van der Waals surface area contributed by atoms with E-state index in [1.807, 2.05) is 24.6 Å². The molecule has 0 aliphatic rings. The van der Waals surface area contributed by atoms with Crippen molar-refractivity contribution in [2.24, 2.45) is 12.0 Å². The van der Waals surface area contributed by atoms with Gasteiger partial charge in [-0.05, 0) is 37.5 Å². The number of unbranched alkanes of at least 4 members (excludes halogenated alkanes) is 1. The predicted molar refractivity (Wildman–Crippen MR) is 113 cm³/mol. The summed E-state index contributed by atoms with van der Waals surface area (Å²) >= 11 is 0. The van der Waals surface area contributed by atoms with Gasteiger partial charge in [-0.2, -0.15) is 0 Å². The minimum absolute atomic E-state index is 0. The molecule has 0 fully saturated rings. The van der Waals surface area contributed by atoms with Crippen molar-refractivity contribution < 1.29 is 4.39 Å². The van der Waals surface area contributed by atoms with Crippen LogP contribution in [0.1, 0.15) is 42.5 Å². The molecule has 26 heavy (non-hydrogen) atoms. The highest BCUT2D eigenvalue weighted by atomic mass is 127. The number of aryl methyl sites for hydroxylation is 2. The molecule has 1 heterocycles. The highest BCUT2D eigenvalue weighted by molar-refractivity contribution is 14.0. The molecule has 1 aromatic heterocycles. The lowest BCUT2D eigenvalue weighted by Crippen LogP contribution is -2.38. The Labute approximate surface area is 171 Å². The van der Waals surface area contributed by atoms with Gasteiger partial charge in [0.15, 0.2) is 11.8 Å². The first kappa shape index (κ1) is 22.3. The zero-order valence-corrected chi connectivity index (χ0v) is 18.2. The van der Waals surface area contributed by atoms with E-state index < -0.39 is 0 Å². The third kappa shape index (κ3) is 6.54. The first-order valence-corrected chi connectivity index (χ1v) is 8.63. The number of nitrogens with one attached hydrogen (secondary N) is 2. The van der Waals surface area contributed by atoms with Gasteiger partial charge in [-0.1, -0.05) is 25.5 Å². The van der Waals surface area contributed by atoms with Gasteiger partial charge in [-0.3, -0.25) is 0 Å². The maximum absolute atomic E-state index is 13.7. The van der Waals surface area contributed by atoms with Crippen LogP contribution in [-0.4, -0.2) is 27.3 Å². The smallest absolute Gasteiger partial charge is 0.191 e. The second-order valence-corrected chi connectivity index (χ2v) is 6.10. The maximum Gasteiger partial charge on any atom is 0.191 e. The lowest BCUT2D eigenvalue weighted by atomic mass is 10.1. The number of aliphatic imine (C=N–C) groups is 1. The number of hydrogen-bond acceptors (Lipinski definition) is 3. The quantitative estimate of drug-likeness (QED) is 0.280. The maximum atomic E-state index is 13.7. The van der Waals surface area contributed by atoms with Crippen LogP contribution >= 0.6 is 24.0 Å². The van der Waals surface area contributed by atoms with Gasteiger partial charge >= 0.3 is 0 Å². The van der Waals surface area contributed by atoms with Gasteiger partial charge < -0.3 is 15.2 Å². The molecule has 0 spiro atoms. The number of nitrogens with zero attached hydrogens (tertiary/aromatic N) is 4. The minimum atomic E-state index is -0.198. The Kier molecular flexibility index (Phi) is 9.53. The van der Waals surface area contributed by atoms with Crippen molar-refractivity contribution in [1.82, 2.24) is 25.4 Å². The molecule has 0 radical (unpaired) electrons. The molecule has 0 amide bonds. The zero-order chi connectivity index (χ0) is 18.2. The molecule has 0 bridgehead atoms. The number of halogens is 2. The number of aromatic nitrogens is 3. The lowest BCUT2D eigenvalue weighted by molar-refractivity contribution is 0.616. The van der Waals surface area contributed by atoms with E-state index in [4.69, 9.17) is 0 Å². The Hall–Kier alpha value is -1.71. The van der Waals surface area contributed by atoms with Crippen molar-refractivity contribution in [3.8, 4) is 0 Å². The van der Waals surface area contributed by atoms with E-state index in [0.717, 1.165) is 36.6 Å². The molecule has 0 saturated carbocycles. The molecule has 6 nitrogen and oxygen atoms in total. The fraction of sp³-hybridized carbons (Fsp3) is 0.500. The monoisotopic (exact) mass is 474 g/mol. The second kappa shape index (κ2) is 11.1. The average molecular weight is 474 g/mol. The summed E-state index contributed by atoms with van der Waals surface area (Å²) in [4.78, 5) is 4.56. The molecule has 0 aliphatic heterocycles. The molecule has 2 N–H and O–H groups in total. The van der Waals surface area contributed by atoms with Crippen LogP contribution in [0.15, 0.2) is 23.2 Å². The van der Waals surface area contributed by atoms with Crippen LogP contribution in [0.4, 0.5) is 4.39 Å². The van der Waals surface area contributed by atoms with Crippen molar-refractivity contribution in [2.45, 2.75) is 46.7 Å². The van der Waals surface area contributed by atoms with Gasteiger partial charge in [0, 0.05) is 13.6 Å². The van der Waals surface area contributed by atoms with E-state index >= 15 is 0 Å². The van der Waals surface area contributed by atoms with Crippen molar-refractivity contribution in [1.29, 1.82) is 0 Å². The summed E-state index contributed by atoms with van der Waals surface area (Å²) in [6.07, 6.45) is 2.16. The Morgan fingerprint density at radius 3 is 2.62 bits per heavy atom. The largest absolute Gasteiger partial charge is 0.356 e. The van der Waals surface area contributed by atoms with Crippen LogP contribution in [0.3, 0.4) is 0 Å². The van der Waals surface area contributed by atoms with Gasteiger partial charge in [0.25, 0.3) is 0 Å². The Bertz CT molecular complexity index is 728. The molecule has 0 saturated heterocycles. The van der Waals surface area contributed by atoms with Gasteiger partial charge in [0.2, 0.25) is 0 Å². The van der Waals surface area contributed by atoms with Gasteiger partial charge in [0.1, 0.15) is 11.6 Å². The molecule has 0 unspecified atom stereocenters. The number of guanidine groups is 1. The summed E-state index contributed by atoms with van der Waals surface area (Å²) in [7, 11) is 1.93. The van der Waals surface area contributed by atoms with Crippen molar-refractivity contribution in [3.05, 3.63) is 46.8 Å². The minimum Gasteiger partial charge on any atom is -0.356 e. The highest BCUT2D eigenvalue weighted by Crippen LogP contribution is 2.10. The van der Waals surface area contributed by atoms with E-state index in [-0.39, 0.29) is 29.8 Å². The molecule has 8 heteroatoms. The summed E-state index contributed by atoms with van der Waals surface area (Å²) in [6, 6.07) is 5.21. The van der Waals surface area contributed by atoms with Crippen molar-refractivity contribution in [2.75, 3.05) is 6.54 Å². The summed E-state index contributed by atoms with van der Waals surface area (Å²) < 4.78 is 15.6. The third-order valence-electron chi connectivity index (χ3n) is 4.08. The van der Waals surface area contributed by atoms with E-state index in [2.05, 4.69) is 32.7 Å². The number of hydrogen-bond donors (Lipinski definition) is 2. The Balaban J connectivity index is 0.00000338. The van der Waals surface area contributed by atoms with Crippen LogP contribution < -0.4 is 10.6 Å². The summed E-state index contributed by atoms with van der Waals surface area (Å²) in [6.45, 7) is 7.58. The van der Waals surface area contributed by atoms with Crippen LogP contribution in [0, 0.1) is 19.7 Å². The standard InChI is InChI=1S/C18H27FN6.HI/c1-5-6-9-20-18(22-12-17-24-23-14(3)25(17)4)21-11-15-8-7-13(2)16(19)10-15;/h7-8,10H,5-6,9,11-12H2,1-4H3,(H2,20,21,22);1H. The summed E-state index contributed by atoms with van der Waals surface area (Å²) in [5.41, 5.74) is 1.49. The topological polar surface area (TPSA) is 67.1 Å². The molecule has 1 aromatic carbocycles. The summed E-state index contributed by atoms with van der Waals surface area (Å²) in [5.74, 6) is 2.19. The fourth-order valence-corrected chi connectivity index (χ4v) is 2.23. The number of benzene rings is 1. The molecule has 2 rings (SSSR count). The van der Waals surface area contributed by atoms with Gasteiger partial charge in [0.05, 0.1) is 13.1 Å². The third-order valence-corrected chi connectivity index (χ3v) is 4.08. The van der Waals surface area contributed by atoms with Crippen LogP contribution in [0.5, 0.6) is 0 Å². The SMILES string of the molecule is CCCCNC(=NCc1ccc(C)c(F)c1)NCc1nnc(C)n1C.I. The average Bonchev–Trinajstić information content (AvgIpc) is 2.92. The first-order chi connectivity index (χ1) is 12.0. The van der Waals surface area contributed by atoms with E-state index in [1.54, 1.807) is 13.0 Å². The Morgan fingerprint density at radius 1 is 1.23 bits per heavy atom. The van der Waals surface area contributed by atoms with E-state index in [1.165, 1.54) is 6.07 Å². The van der Waals surface area contributed by atoms with E-state index in [0.29, 0.717) is 24.6 Å². The van der Waals surface area contributed by atoms with Gasteiger partial charge in [-0.15, -0.1) is 34.2 Å². The van der Waals surface area contributed by atoms with Crippen molar-refractivity contribution in [3.63, 3.8) is 0 Å². The first-order valence-electron chi connectivity index (χ1n) is 8.63. The van der Waals surface area contributed by atoms with Crippen LogP contribution in [-0.2, 0) is 20.1 Å². The van der Waals surface area contributed by atoms with Crippen LogP contribution in [0.25, 0.3) is 0 Å². The Morgan fingerprint density at radius 2 is 2.00 bits per heavy atom. The molecule has 144 valence electrons. The molecular formula is C18H28FIN6. The lowest BCUT2D eigenvalue weighted by Gasteiger charge is -2.12. The molecule has 2 aromatic rings. The van der Waals surface area contributed by atoms with Crippen LogP contribution in [0.2, 0.25) is 0 Å². The second-order valence-electron chi connectivity index (χ2n) is 6.10. The highest BCUT2D eigenvalue weighted by Gasteiger charge is 2.06. The zero-order valence-electron chi connectivity index (χ0n) is 15.8. The normalized spacial score (nSPS) is 11.2. The molecular weight excluding hydrogens is 446 g/mol. The number of rotatable bonds is 7. The predicted octanol–water partition coefficient (Wildman–Crippen LogP) is 3.22.